The molecule has 0 aliphatic carbocycles. The average Bonchev–Trinajstić information content (AvgIpc) is 2.30. The Kier molecular flexibility index (Phi) is 3.77. The van der Waals surface area contributed by atoms with Crippen molar-refractivity contribution in [1.29, 1.82) is 0 Å². The van der Waals surface area contributed by atoms with Gasteiger partial charge in [0.1, 0.15) is 11.5 Å². The van der Waals surface area contributed by atoms with Crippen LogP contribution < -0.4 is 0 Å². The van der Waals surface area contributed by atoms with Crippen molar-refractivity contribution < 1.29 is 23.4 Å². The Hall–Kier alpha value is -1.60. The van der Waals surface area contributed by atoms with E-state index in [-0.39, 0.29) is 40.9 Å². The van der Waals surface area contributed by atoms with Gasteiger partial charge in [0, 0.05) is 24.7 Å². The Morgan fingerprint density at radius 2 is 1.63 bits per heavy atom. The third-order valence-electron chi connectivity index (χ3n) is 3.03. The highest BCUT2D eigenvalue weighted by Crippen LogP contribution is 2.21. The van der Waals surface area contributed by atoms with Crippen molar-refractivity contribution in [2.24, 2.45) is 0 Å². The molecular weight excluding hydrogens is 270 g/mol. The van der Waals surface area contributed by atoms with Crippen LogP contribution in [-0.4, -0.2) is 60.5 Å². The summed E-state index contributed by atoms with van der Waals surface area (Å²) >= 11 is 0. The van der Waals surface area contributed by atoms with Crippen molar-refractivity contribution in [1.82, 2.24) is 4.90 Å². The van der Waals surface area contributed by atoms with Crippen LogP contribution in [0.15, 0.2) is 18.2 Å². The number of ketones is 1. The molecule has 1 saturated heterocycles. The summed E-state index contributed by atoms with van der Waals surface area (Å²) in [4.78, 5) is 13.7. The second kappa shape index (κ2) is 5.18. The van der Waals surface area contributed by atoms with Crippen molar-refractivity contribution in [3.05, 3.63) is 23.8 Å². The van der Waals surface area contributed by atoms with Gasteiger partial charge in [0.05, 0.1) is 18.1 Å². The highest BCUT2D eigenvalue weighted by molar-refractivity contribution is 7.91. The van der Waals surface area contributed by atoms with E-state index in [4.69, 9.17) is 0 Å². The number of benzene rings is 1. The molecular formula is C12H15NO5S. The maximum absolute atomic E-state index is 12.0. The first-order chi connectivity index (χ1) is 8.85. The van der Waals surface area contributed by atoms with Gasteiger partial charge in [-0.1, -0.05) is 0 Å². The van der Waals surface area contributed by atoms with E-state index in [2.05, 4.69) is 0 Å². The lowest BCUT2D eigenvalue weighted by Gasteiger charge is -2.25. The van der Waals surface area contributed by atoms with E-state index in [1.807, 2.05) is 0 Å². The molecule has 0 atom stereocenters. The first-order valence-corrected chi connectivity index (χ1v) is 7.67. The SMILES string of the molecule is O=C(CN1CCS(=O)(=O)CC1)c1cc(O)cc(O)c1. The molecule has 1 aromatic carbocycles. The minimum Gasteiger partial charge on any atom is -0.508 e. The average molecular weight is 285 g/mol. The van der Waals surface area contributed by atoms with Crippen LogP contribution in [0.5, 0.6) is 11.5 Å². The lowest BCUT2D eigenvalue weighted by atomic mass is 10.1. The quantitative estimate of drug-likeness (QED) is 0.760. The van der Waals surface area contributed by atoms with Gasteiger partial charge < -0.3 is 10.2 Å². The van der Waals surface area contributed by atoms with E-state index in [9.17, 15) is 23.4 Å². The van der Waals surface area contributed by atoms with E-state index in [1.54, 1.807) is 4.90 Å². The van der Waals surface area contributed by atoms with Crippen LogP contribution in [0.2, 0.25) is 0 Å². The van der Waals surface area contributed by atoms with Crippen LogP contribution in [0.1, 0.15) is 10.4 Å². The Balaban J connectivity index is 2.02. The molecule has 1 aliphatic heterocycles. The van der Waals surface area contributed by atoms with Crippen LogP contribution in [0.3, 0.4) is 0 Å². The number of phenolic OH excluding ortho intramolecular Hbond substituents is 2. The molecule has 0 saturated carbocycles. The van der Waals surface area contributed by atoms with Crippen LogP contribution >= 0.6 is 0 Å². The van der Waals surface area contributed by atoms with Gasteiger partial charge in [0.25, 0.3) is 0 Å². The molecule has 1 aliphatic rings. The number of Topliss-reactive ketones (excluding diaryl/α,β-unsaturated/α-hetero) is 1. The standard InChI is InChI=1S/C12H15NO5S/c14-10-5-9(6-11(15)7-10)12(16)8-13-1-3-19(17,18)4-2-13/h5-7,14-15H,1-4,8H2. The number of aromatic hydroxyl groups is 2. The molecule has 1 aromatic rings. The first kappa shape index (κ1) is 13.8. The van der Waals surface area contributed by atoms with Gasteiger partial charge in [-0.05, 0) is 12.1 Å². The van der Waals surface area contributed by atoms with Gasteiger partial charge in [-0.25, -0.2) is 8.42 Å². The molecule has 1 heterocycles. The van der Waals surface area contributed by atoms with E-state index in [1.165, 1.54) is 12.1 Å². The fourth-order valence-corrected chi connectivity index (χ4v) is 3.24. The largest absolute Gasteiger partial charge is 0.508 e. The number of nitrogens with zero attached hydrogens (tertiary/aromatic N) is 1. The monoisotopic (exact) mass is 285 g/mol. The maximum Gasteiger partial charge on any atom is 0.177 e. The smallest absolute Gasteiger partial charge is 0.177 e. The summed E-state index contributed by atoms with van der Waals surface area (Å²) in [6.07, 6.45) is 0. The molecule has 7 heteroatoms. The number of rotatable bonds is 3. The molecule has 104 valence electrons. The van der Waals surface area contributed by atoms with Gasteiger partial charge in [0.15, 0.2) is 15.6 Å². The van der Waals surface area contributed by atoms with Crippen molar-refractivity contribution >= 4 is 15.6 Å². The van der Waals surface area contributed by atoms with Gasteiger partial charge in [-0.15, -0.1) is 0 Å². The topological polar surface area (TPSA) is 94.9 Å². The van der Waals surface area contributed by atoms with Crippen molar-refractivity contribution in [2.75, 3.05) is 31.1 Å². The van der Waals surface area contributed by atoms with Crippen LogP contribution in [-0.2, 0) is 9.84 Å². The molecule has 0 radical (unpaired) electrons. The van der Waals surface area contributed by atoms with Gasteiger partial charge in [0.2, 0.25) is 0 Å². The zero-order chi connectivity index (χ0) is 14.0. The summed E-state index contributed by atoms with van der Waals surface area (Å²) in [6.45, 7) is 0.746. The summed E-state index contributed by atoms with van der Waals surface area (Å²) in [5.41, 5.74) is 0.214. The number of carbonyl (C=O) groups excluding carboxylic acids is 1. The number of phenols is 2. The molecule has 0 unspecified atom stereocenters. The Morgan fingerprint density at radius 1 is 1.11 bits per heavy atom. The Labute approximate surface area is 111 Å². The molecule has 0 aromatic heterocycles. The van der Waals surface area contributed by atoms with E-state index >= 15 is 0 Å². The normalized spacial score (nSPS) is 19.2. The lowest BCUT2D eigenvalue weighted by Crippen LogP contribution is -2.42. The highest BCUT2D eigenvalue weighted by atomic mass is 32.2. The highest BCUT2D eigenvalue weighted by Gasteiger charge is 2.23. The Morgan fingerprint density at radius 3 is 2.16 bits per heavy atom. The predicted octanol–water partition coefficient (Wildman–Crippen LogP) is 0.0109. The second-order valence-corrected chi connectivity index (χ2v) is 6.89. The lowest BCUT2D eigenvalue weighted by molar-refractivity contribution is 0.0935. The predicted molar refractivity (Wildman–Crippen MR) is 69.2 cm³/mol. The van der Waals surface area contributed by atoms with Gasteiger partial charge >= 0.3 is 0 Å². The number of carbonyl (C=O) groups is 1. The third-order valence-corrected chi connectivity index (χ3v) is 4.64. The van der Waals surface area contributed by atoms with Gasteiger partial charge in [-0.3, -0.25) is 9.69 Å². The minimum absolute atomic E-state index is 0.0611. The molecule has 1 fully saturated rings. The van der Waals surface area contributed by atoms with Crippen molar-refractivity contribution in [2.45, 2.75) is 0 Å². The Bertz CT molecular complexity index is 562. The fourth-order valence-electron chi connectivity index (χ4n) is 1.96. The third kappa shape index (κ3) is 3.68. The molecule has 0 bridgehead atoms. The molecule has 0 amide bonds. The van der Waals surface area contributed by atoms with E-state index in [0.717, 1.165) is 6.07 Å². The molecule has 2 rings (SSSR count). The summed E-state index contributed by atoms with van der Waals surface area (Å²) in [6, 6.07) is 3.70. The number of hydrogen-bond donors (Lipinski definition) is 2. The van der Waals surface area contributed by atoms with Crippen LogP contribution in [0.25, 0.3) is 0 Å². The fraction of sp³-hybridized carbons (Fsp3) is 0.417. The maximum atomic E-state index is 12.0. The summed E-state index contributed by atoms with van der Waals surface area (Å²) in [5, 5.41) is 18.6. The molecule has 2 N–H and O–H groups in total. The zero-order valence-electron chi connectivity index (χ0n) is 10.2. The molecule has 0 spiro atoms. The first-order valence-electron chi connectivity index (χ1n) is 5.85. The van der Waals surface area contributed by atoms with Crippen molar-refractivity contribution in [3.63, 3.8) is 0 Å². The minimum atomic E-state index is -2.96. The summed E-state index contributed by atoms with van der Waals surface area (Å²) in [5.74, 6) is -0.489. The number of sulfone groups is 1. The number of hydrogen-bond acceptors (Lipinski definition) is 6. The van der Waals surface area contributed by atoms with Crippen LogP contribution in [0, 0.1) is 0 Å². The molecule has 19 heavy (non-hydrogen) atoms. The second-order valence-electron chi connectivity index (χ2n) is 4.59. The van der Waals surface area contributed by atoms with Crippen molar-refractivity contribution in [3.8, 4) is 11.5 Å². The van der Waals surface area contributed by atoms with E-state index in [0.29, 0.717) is 13.1 Å². The van der Waals surface area contributed by atoms with Crippen LogP contribution in [0.4, 0.5) is 0 Å². The zero-order valence-corrected chi connectivity index (χ0v) is 11.1. The van der Waals surface area contributed by atoms with E-state index < -0.39 is 9.84 Å². The summed E-state index contributed by atoms with van der Waals surface area (Å²) < 4.78 is 22.5. The van der Waals surface area contributed by atoms with Gasteiger partial charge in [-0.2, -0.15) is 0 Å². The molecule has 6 nitrogen and oxygen atoms in total. The summed E-state index contributed by atoms with van der Waals surface area (Å²) in [7, 11) is -2.96.